The molecule has 0 aromatic carbocycles. The Hall–Kier alpha value is -0.0400. The van der Waals surface area contributed by atoms with Crippen LogP contribution in [0.15, 0.2) is 0 Å². The molecule has 2 unspecified atom stereocenters. The van der Waals surface area contributed by atoms with E-state index in [4.69, 9.17) is 0 Å². The zero-order valence-corrected chi connectivity index (χ0v) is 13.6. The summed E-state index contributed by atoms with van der Waals surface area (Å²) in [6.45, 7) is 18.1. The second-order valence-electron chi connectivity index (χ2n) is 9.02. The van der Waals surface area contributed by atoms with E-state index in [9.17, 15) is 0 Å². The van der Waals surface area contributed by atoms with E-state index >= 15 is 0 Å². The molecule has 2 saturated carbocycles. The molecular formula is C17H33N. The van der Waals surface area contributed by atoms with Crippen molar-refractivity contribution >= 4 is 0 Å². The van der Waals surface area contributed by atoms with Crippen molar-refractivity contribution in [2.75, 3.05) is 6.54 Å². The molecule has 0 heterocycles. The van der Waals surface area contributed by atoms with Gasteiger partial charge in [0.25, 0.3) is 0 Å². The van der Waals surface area contributed by atoms with E-state index in [1.807, 2.05) is 0 Å². The summed E-state index contributed by atoms with van der Waals surface area (Å²) >= 11 is 0. The van der Waals surface area contributed by atoms with Gasteiger partial charge in [0.1, 0.15) is 0 Å². The Balaban J connectivity index is 2.01. The molecule has 2 fully saturated rings. The van der Waals surface area contributed by atoms with Crippen LogP contribution in [0.3, 0.4) is 0 Å². The van der Waals surface area contributed by atoms with Gasteiger partial charge in [0.15, 0.2) is 0 Å². The van der Waals surface area contributed by atoms with Crippen LogP contribution in [0.4, 0.5) is 0 Å². The van der Waals surface area contributed by atoms with E-state index in [0.29, 0.717) is 22.3 Å². The Morgan fingerprint density at radius 1 is 1.22 bits per heavy atom. The van der Waals surface area contributed by atoms with Gasteiger partial charge in [0.2, 0.25) is 0 Å². The second-order valence-corrected chi connectivity index (χ2v) is 9.02. The van der Waals surface area contributed by atoms with Crippen molar-refractivity contribution in [2.24, 2.45) is 28.1 Å². The summed E-state index contributed by atoms with van der Waals surface area (Å²) in [4.78, 5) is 0. The minimum absolute atomic E-state index is 0.412. The van der Waals surface area contributed by atoms with Crippen LogP contribution in [-0.2, 0) is 0 Å². The van der Waals surface area contributed by atoms with Gasteiger partial charge in [-0.25, -0.2) is 0 Å². The van der Waals surface area contributed by atoms with E-state index in [2.05, 4.69) is 53.8 Å². The van der Waals surface area contributed by atoms with Gasteiger partial charge < -0.3 is 5.32 Å². The molecule has 2 bridgehead atoms. The molecule has 0 amide bonds. The van der Waals surface area contributed by atoms with Gasteiger partial charge in [-0.2, -0.15) is 0 Å². The maximum atomic E-state index is 3.95. The largest absolute Gasteiger partial charge is 0.313 e. The molecule has 1 N–H and O–H groups in total. The van der Waals surface area contributed by atoms with Crippen molar-refractivity contribution in [1.29, 1.82) is 0 Å². The fourth-order valence-electron chi connectivity index (χ4n) is 4.41. The zero-order chi connectivity index (χ0) is 13.8. The van der Waals surface area contributed by atoms with E-state index in [1.54, 1.807) is 0 Å². The molecule has 2 aliphatic rings. The fraction of sp³-hybridized carbons (Fsp3) is 1.00. The summed E-state index contributed by atoms with van der Waals surface area (Å²) in [6.07, 6.45) is 4.33. The predicted octanol–water partition coefficient (Wildman–Crippen LogP) is 4.47. The molecule has 2 rings (SSSR count). The normalized spacial score (nSPS) is 40.2. The third-order valence-electron chi connectivity index (χ3n) is 6.38. The maximum absolute atomic E-state index is 3.95. The van der Waals surface area contributed by atoms with Gasteiger partial charge in [0, 0.05) is 6.04 Å². The van der Waals surface area contributed by atoms with Crippen molar-refractivity contribution in [3.8, 4) is 0 Å². The number of rotatable bonds is 3. The van der Waals surface area contributed by atoms with E-state index in [-0.39, 0.29) is 0 Å². The van der Waals surface area contributed by atoms with Crippen molar-refractivity contribution in [1.82, 2.24) is 5.32 Å². The van der Waals surface area contributed by atoms with Crippen LogP contribution in [0, 0.1) is 28.1 Å². The predicted molar refractivity (Wildman–Crippen MR) is 79.6 cm³/mol. The fourth-order valence-corrected chi connectivity index (χ4v) is 4.41. The van der Waals surface area contributed by atoms with Gasteiger partial charge in [-0.3, -0.25) is 0 Å². The highest BCUT2D eigenvalue weighted by Crippen LogP contribution is 2.62. The summed E-state index contributed by atoms with van der Waals surface area (Å²) in [5.41, 5.74) is 1.46. The molecular weight excluding hydrogens is 218 g/mol. The van der Waals surface area contributed by atoms with E-state index < -0.39 is 0 Å². The molecule has 0 aromatic heterocycles. The molecule has 1 nitrogen and oxygen atoms in total. The molecule has 0 aliphatic heterocycles. The first-order valence-corrected chi connectivity index (χ1v) is 7.81. The minimum Gasteiger partial charge on any atom is -0.313 e. The van der Waals surface area contributed by atoms with Gasteiger partial charge in [-0.15, -0.1) is 0 Å². The van der Waals surface area contributed by atoms with Crippen molar-refractivity contribution in [3.05, 3.63) is 0 Å². The highest BCUT2D eigenvalue weighted by atomic mass is 15.0. The number of hydrogen-bond acceptors (Lipinski definition) is 1. The SMILES string of the molecule is CC(CNC1C(C)(C)[C@H]2CC[C@]1(C)C2)C(C)(C)C. The molecule has 0 spiro atoms. The standard InChI is InChI=1S/C17H33N/c1-12(15(2,3)4)11-18-14-16(5,6)13-8-9-17(14,7)10-13/h12-14,18H,8-11H2,1-7H3/t12?,13-,14?,17+/m0/s1. The van der Waals surface area contributed by atoms with E-state index in [0.717, 1.165) is 11.8 Å². The van der Waals surface area contributed by atoms with E-state index in [1.165, 1.54) is 25.8 Å². The van der Waals surface area contributed by atoms with Crippen LogP contribution < -0.4 is 5.32 Å². The van der Waals surface area contributed by atoms with Crippen LogP contribution in [0.25, 0.3) is 0 Å². The number of hydrogen-bond donors (Lipinski definition) is 1. The van der Waals surface area contributed by atoms with Gasteiger partial charge in [0.05, 0.1) is 0 Å². The number of nitrogens with one attached hydrogen (secondary N) is 1. The Kier molecular flexibility index (Phi) is 3.38. The van der Waals surface area contributed by atoms with Crippen molar-refractivity contribution in [3.63, 3.8) is 0 Å². The first-order chi connectivity index (χ1) is 8.07. The zero-order valence-electron chi connectivity index (χ0n) is 13.6. The molecule has 0 saturated heterocycles. The monoisotopic (exact) mass is 251 g/mol. The lowest BCUT2D eigenvalue weighted by Gasteiger charge is -2.44. The molecule has 0 radical (unpaired) electrons. The first-order valence-electron chi connectivity index (χ1n) is 7.81. The molecule has 106 valence electrons. The molecule has 4 atom stereocenters. The maximum Gasteiger partial charge on any atom is 0.0175 e. The first kappa shape index (κ1) is 14.4. The van der Waals surface area contributed by atoms with Gasteiger partial charge >= 0.3 is 0 Å². The molecule has 2 aliphatic carbocycles. The summed E-state index contributed by atoms with van der Waals surface area (Å²) in [7, 11) is 0. The third-order valence-corrected chi connectivity index (χ3v) is 6.38. The van der Waals surface area contributed by atoms with Crippen LogP contribution in [0.1, 0.15) is 67.7 Å². The Labute approximate surface area is 114 Å². The lowest BCUT2D eigenvalue weighted by atomic mass is 9.68. The lowest BCUT2D eigenvalue weighted by molar-refractivity contribution is 0.0980. The van der Waals surface area contributed by atoms with Crippen molar-refractivity contribution in [2.45, 2.75) is 73.8 Å². The average Bonchev–Trinajstić information content (AvgIpc) is 2.66. The Morgan fingerprint density at radius 3 is 2.28 bits per heavy atom. The Morgan fingerprint density at radius 2 is 1.83 bits per heavy atom. The molecule has 18 heavy (non-hydrogen) atoms. The van der Waals surface area contributed by atoms with Crippen molar-refractivity contribution < 1.29 is 0 Å². The van der Waals surface area contributed by atoms with Crippen LogP contribution in [0.2, 0.25) is 0 Å². The lowest BCUT2D eigenvalue weighted by Crippen LogP contribution is -2.52. The Bertz CT molecular complexity index is 307. The summed E-state index contributed by atoms with van der Waals surface area (Å²) in [6, 6.07) is 0.716. The summed E-state index contributed by atoms with van der Waals surface area (Å²) < 4.78 is 0. The molecule has 1 heteroatoms. The summed E-state index contributed by atoms with van der Waals surface area (Å²) in [5, 5.41) is 3.95. The van der Waals surface area contributed by atoms with Crippen LogP contribution >= 0.6 is 0 Å². The summed E-state index contributed by atoms with van der Waals surface area (Å²) in [5.74, 6) is 1.68. The van der Waals surface area contributed by atoms with Crippen LogP contribution in [0.5, 0.6) is 0 Å². The minimum atomic E-state index is 0.412. The van der Waals surface area contributed by atoms with Gasteiger partial charge in [-0.1, -0.05) is 48.5 Å². The average molecular weight is 251 g/mol. The second kappa shape index (κ2) is 4.23. The van der Waals surface area contributed by atoms with Gasteiger partial charge in [-0.05, 0) is 53.9 Å². The highest BCUT2D eigenvalue weighted by molar-refractivity contribution is 5.12. The quantitative estimate of drug-likeness (QED) is 0.780. The smallest absolute Gasteiger partial charge is 0.0175 e. The highest BCUT2D eigenvalue weighted by Gasteiger charge is 2.58. The third kappa shape index (κ3) is 2.24. The topological polar surface area (TPSA) is 12.0 Å². The number of fused-ring (bicyclic) bond motifs is 2. The van der Waals surface area contributed by atoms with Crippen LogP contribution in [-0.4, -0.2) is 12.6 Å². The molecule has 0 aromatic rings.